The van der Waals surface area contributed by atoms with Gasteiger partial charge in [-0.3, -0.25) is 14.7 Å². The Kier molecular flexibility index (Phi) is 6.31. The summed E-state index contributed by atoms with van der Waals surface area (Å²) >= 11 is 0. The summed E-state index contributed by atoms with van der Waals surface area (Å²) in [5, 5.41) is 3.15. The zero-order valence-electron chi connectivity index (χ0n) is 16.8. The van der Waals surface area contributed by atoms with Crippen molar-refractivity contribution in [2.45, 2.75) is 25.9 Å². The second-order valence-electron chi connectivity index (χ2n) is 7.82. The van der Waals surface area contributed by atoms with Gasteiger partial charge in [0.15, 0.2) is 0 Å². The first kappa shape index (κ1) is 19.7. The molecule has 1 amide bonds. The summed E-state index contributed by atoms with van der Waals surface area (Å²) in [6.45, 7) is 6.50. The van der Waals surface area contributed by atoms with Gasteiger partial charge in [0.1, 0.15) is 17.7 Å². The van der Waals surface area contributed by atoms with Gasteiger partial charge in [0.25, 0.3) is 0 Å². The van der Waals surface area contributed by atoms with Gasteiger partial charge in [-0.2, -0.15) is 0 Å². The van der Waals surface area contributed by atoms with Crippen LogP contribution in [-0.4, -0.2) is 70.0 Å². The van der Waals surface area contributed by atoms with E-state index in [4.69, 9.17) is 4.74 Å². The first-order valence-electron chi connectivity index (χ1n) is 10.3. The van der Waals surface area contributed by atoms with Gasteiger partial charge in [-0.25, -0.2) is 9.97 Å². The molecule has 0 bridgehead atoms. The number of rotatable bonds is 5. The van der Waals surface area contributed by atoms with Gasteiger partial charge in [0.2, 0.25) is 5.91 Å². The molecule has 2 aromatic heterocycles. The molecule has 8 nitrogen and oxygen atoms in total. The van der Waals surface area contributed by atoms with Crippen LogP contribution in [0.3, 0.4) is 0 Å². The van der Waals surface area contributed by atoms with Crippen molar-refractivity contribution in [1.82, 2.24) is 24.8 Å². The number of aromatic nitrogens is 3. The van der Waals surface area contributed by atoms with Crippen LogP contribution in [0.2, 0.25) is 0 Å². The molecule has 4 heterocycles. The lowest BCUT2D eigenvalue weighted by atomic mass is 9.99. The second kappa shape index (κ2) is 9.28. The highest BCUT2D eigenvalue weighted by atomic mass is 16.5. The Hall–Kier alpha value is -2.58. The third-order valence-corrected chi connectivity index (χ3v) is 5.57. The van der Waals surface area contributed by atoms with E-state index in [9.17, 15) is 4.79 Å². The smallest absolute Gasteiger partial charge is 0.236 e. The fraction of sp³-hybridized carbons (Fsp3) is 0.524. The third-order valence-electron chi connectivity index (χ3n) is 5.57. The van der Waals surface area contributed by atoms with Gasteiger partial charge in [0, 0.05) is 18.9 Å². The van der Waals surface area contributed by atoms with Crippen molar-refractivity contribution in [3.05, 3.63) is 42.5 Å². The predicted octanol–water partition coefficient (Wildman–Crippen LogP) is 2.25. The number of morpholine rings is 1. The van der Waals surface area contributed by atoms with E-state index in [1.807, 2.05) is 23.1 Å². The molecule has 4 rings (SSSR count). The Balaban J connectivity index is 1.36. The van der Waals surface area contributed by atoms with Crippen molar-refractivity contribution in [1.29, 1.82) is 0 Å². The van der Waals surface area contributed by atoms with Crippen molar-refractivity contribution in [3.8, 4) is 0 Å². The highest BCUT2D eigenvalue weighted by Gasteiger charge is 2.28. The molecule has 1 atom stereocenters. The summed E-state index contributed by atoms with van der Waals surface area (Å²) in [6.07, 6.45) is 7.03. The number of piperidine rings is 1. The lowest BCUT2D eigenvalue weighted by Gasteiger charge is -2.35. The summed E-state index contributed by atoms with van der Waals surface area (Å²) < 4.78 is 5.93. The fourth-order valence-electron chi connectivity index (χ4n) is 3.76. The average Bonchev–Trinajstić information content (AvgIpc) is 2.76. The maximum absolute atomic E-state index is 12.8. The number of hydrogen-bond acceptors (Lipinski definition) is 7. The third kappa shape index (κ3) is 5.27. The molecule has 2 aliphatic rings. The quantitative estimate of drug-likeness (QED) is 0.830. The van der Waals surface area contributed by atoms with Gasteiger partial charge in [-0.1, -0.05) is 13.0 Å². The summed E-state index contributed by atoms with van der Waals surface area (Å²) in [7, 11) is 0. The highest BCUT2D eigenvalue weighted by molar-refractivity contribution is 5.78. The van der Waals surface area contributed by atoms with Gasteiger partial charge < -0.3 is 15.0 Å². The van der Waals surface area contributed by atoms with Crippen LogP contribution in [0.4, 0.5) is 11.6 Å². The van der Waals surface area contributed by atoms with Crippen molar-refractivity contribution in [3.63, 3.8) is 0 Å². The van der Waals surface area contributed by atoms with E-state index < -0.39 is 0 Å². The van der Waals surface area contributed by atoms with Crippen LogP contribution in [0.1, 0.15) is 31.6 Å². The largest absolute Gasteiger partial charge is 0.368 e. The van der Waals surface area contributed by atoms with E-state index in [2.05, 4.69) is 32.1 Å². The average molecular weight is 396 g/mol. The van der Waals surface area contributed by atoms with Gasteiger partial charge in [-0.15, -0.1) is 0 Å². The predicted molar refractivity (Wildman–Crippen MR) is 110 cm³/mol. The maximum Gasteiger partial charge on any atom is 0.236 e. The molecule has 0 radical (unpaired) electrons. The molecular formula is C21H28N6O2. The number of carbonyl (C=O) groups excluding carboxylic acids is 1. The molecular weight excluding hydrogens is 368 g/mol. The summed E-state index contributed by atoms with van der Waals surface area (Å²) in [6, 6.07) is 5.74. The minimum absolute atomic E-state index is 0.182. The molecule has 0 saturated carbocycles. The van der Waals surface area contributed by atoms with Gasteiger partial charge in [-0.05, 0) is 44.0 Å². The number of nitrogens with zero attached hydrogens (tertiary/aromatic N) is 5. The minimum atomic E-state index is -0.224. The molecule has 0 aliphatic carbocycles. The summed E-state index contributed by atoms with van der Waals surface area (Å²) in [5.74, 6) is 2.26. The van der Waals surface area contributed by atoms with Gasteiger partial charge in [0.05, 0.1) is 31.6 Å². The molecule has 2 saturated heterocycles. The molecule has 154 valence electrons. The van der Waals surface area contributed by atoms with Crippen LogP contribution in [0.5, 0.6) is 0 Å². The highest BCUT2D eigenvalue weighted by Crippen LogP contribution is 2.23. The van der Waals surface area contributed by atoms with Crippen molar-refractivity contribution in [2.24, 2.45) is 5.92 Å². The van der Waals surface area contributed by atoms with E-state index in [0.717, 1.165) is 24.7 Å². The number of nitrogens with one attached hydrogen (secondary N) is 1. The molecule has 8 heteroatoms. The second-order valence-corrected chi connectivity index (χ2v) is 7.82. The normalized spacial score (nSPS) is 21.1. The standard InChI is InChI=1S/C21H28N6O2/c1-16-5-9-26(10-6-16)15-21(28)27-11-12-29-18(14-27)17-3-2-4-19(24-17)25-20-13-22-7-8-23-20/h2-4,7-8,13,16,18H,5-6,9-12,14-15H2,1H3,(H,23,24,25). The topological polar surface area (TPSA) is 83.5 Å². The van der Waals surface area contributed by atoms with E-state index in [1.54, 1.807) is 18.6 Å². The zero-order chi connectivity index (χ0) is 20.1. The molecule has 2 aliphatic heterocycles. The van der Waals surface area contributed by atoms with Crippen LogP contribution in [-0.2, 0) is 9.53 Å². The van der Waals surface area contributed by atoms with Gasteiger partial charge >= 0.3 is 0 Å². The Morgan fingerprint density at radius 2 is 2.07 bits per heavy atom. The van der Waals surface area contributed by atoms with Crippen LogP contribution in [0.25, 0.3) is 0 Å². The summed E-state index contributed by atoms with van der Waals surface area (Å²) in [5.41, 5.74) is 0.809. The van der Waals surface area contributed by atoms with Crippen molar-refractivity contribution >= 4 is 17.5 Å². The number of ether oxygens (including phenoxy) is 1. The SMILES string of the molecule is CC1CCN(CC(=O)N2CCOC(c3cccc(Nc4cnccn4)n3)C2)CC1. The number of likely N-dealkylation sites (tertiary alicyclic amines) is 1. The maximum atomic E-state index is 12.8. The van der Waals surface area contributed by atoms with E-state index >= 15 is 0 Å². The van der Waals surface area contributed by atoms with Crippen molar-refractivity contribution in [2.75, 3.05) is 44.6 Å². The van der Waals surface area contributed by atoms with Crippen LogP contribution >= 0.6 is 0 Å². The number of carbonyl (C=O) groups is 1. The lowest BCUT2D eigenvalue weighted by Crippen LogP contribution is -2.48. The number of pyridine rings is 1. The fourth-order valence-corrected chi connectivity index (χ4v) is 3.76. The molecule has 0 spiro atoms. The van der Waals surface area contributed by atoms with Crippen LogP contribution in [0.15, 0.2) is 36.8 Å². The molecule has 1 unspecified atom stereocenters. The van der Waals surface area contributed by atoms with Crippen molar-refractivity contribution < 1.29 is 9.53 Å². The Morgan fingerprint density at radius 3 is 2.86 bits per heavy atom. The van der Waals surface area contributed by atoms with E-state index in [-0.39, 0.29) is 12.0 Å². The van der Waals surface area contributed by atoms with E-state index in [0.29, 0.717) is 37.9 Å². The molecule has 0 aromatic carbocycles. The number of amides is 1. The Labute approximate surface area is 171 Å². The van der Waals surface area contributed by atoms with Crippen LogP contribution in [0, 0.1) is 5.92 Å². The molecule has 1 N–H and O–H groups in total. The Morgan fingerprint density at radius 1 is 1.21 bits per heavy atom. The number of anilines is 2. The zero-order valence-corrected chi connectivity index (χ0v) is 16.8. The molecule has 2 fully saturated rings. The summed E-state index contributed by atoms with van der Waals surface area (Å²) in [4.78, 5) is 29.9. The first-order valence-corrected chi connectivity index (χ1v) is 10.3. The Bertz CT molecular complexity index is 810. The molecule has 29 heavy (non-hydrogen) atoms. The lowest BCUT2D eigenvalue weighted by molar-refractivity contribution is -0.140. The van der Waals surface area contributed by atoms with Crippen LogP contribution < -0.4 is 5.32 Å². The molecule has 2 aromatic rings. The minimum Gasteiger partial charge on any atom is -0.368 e. The monoisotopic (exact) mass is 396 g/mol. The number of hydrogen-bond donors (Lipinski definition) is 1. The first-order chi connectivity index (χ1) is 14.2. The van der Waals surface area contributed by atoms with E-state index in [1.165, 1.54) is 12.8 Å².